The van der Waals surface area contributed by atoms with E-state index in [1.165, 1.54) is 0 Å². The van der Waals surface area contributed by atoms with E-state index in [0.717, 1.165) is 24.2 Å². The second-order valence-electron chi connectivity index (χ2n) is 5.47. The Hall–Kier alpha value is -0.910. The first kappa shape index (κ1) is 16.1. The zero-order valence-corrected chi connectivity index (χ0v) is 11.6. The van der Waals surface area contributed by atoms with Crippen molar-refractivity contribution in [1.82, 2.24) is 10.2 Å². The Labute approximate surface area is 113 Å². The molecule has 0 aromatic carbocycles. The summed E-state index contributed by atoms with van der Waals surface area (Å²) in [4.78, 5) is 12.9. The third-order valence-electron chi connectivity index (χ3n) is 3.94. The monoisotopic (exact) mass is 278 g/mol. The molecule has 19 heavy (non-hydrogen) atoms. The Morgan fingerprint density at radius 3 is 2.58 bits per heavy atom. The predicted octanol–water partition coefficient (Wildman–Crippen LogP) is 2.08. The number of hydrogen-bond acceptors (Lipinski definition) is 2. The van der Waals surface area contributed by atoms with Gasteiger partial charge in [0.15, 0.2) is 0 Å². The summed E-state index contributed by atoms with van der Waals surface area (Å²) in [6, 6.07) is -0.446. The van der Waals surface area contributed by atoms with E-state index in [4.69, 9.17) is 5.11 Å². The van der Waals surface area contributed by atoms with Crippen LogP contribution in [-0.4, -0.2) is 48.2 Å². The normalized spacial score (nSPS) is 27.4. The first-order valence-electron chi connectivity index (χ1n) is 6.88. The van der Waals surface area contributed by atoms with E-state index in [2.05, 4.69) is 19.2 Å². The number of carbonyl (C=O) groups excluding carboxylic acids is 1. The average Bonchev–Trinajstić information content (AvgIpc) is 2.33. The van der Waals surface area contributed by atoms with Gasteiger partial charge in [-0.1, -0.05) is 13.8 Å². The van der Waals surface area contributed by atoms with Gasteiger partial charge in [-0.15, -0.1) is 0 Å². The number of nitrogens with one attached hydrogen (secondary N) is 1. The molecule has 1 aliphatic rings. The molecule has 112 valence electrons. The Morgan fingerprint density at radius 2 is 2.05 bits per heavy atom. The minimum absolute atomic E-state index is 0.0533. The molecule has 1 fully saturated rings. The van der Waals surface area contributed by atoms with Crippen LogP contribution < -0.4 is 5.32 Å². The number of aliphatic hydroxyl groups is 1. The van der Waals surface area contributed by atoms with E-state index in [-0.39, 0.29) is 19.2 Å². The number of alkyl halides is 2. The summed E-state index contributed by atoms with van der Waals surface area (Å²) < 4.78 is 24.7. The summed E-state index contributed by atoms with van der Waals surface area (Å²) in [5.74, 6) is 1.17. The molecule has 0 aromatic heterocycles. The summed E-state index contributed by atoms with van der Waals surface area (Å²) in [6.45, 7) is 3.34. The van der Waals surface area contributed by atoms with Crippen LogP contribution in [0.5, 0.6) is 0 Å². The Balaban J connectivity index is 2.47. The highest BCUT2D eigenvalue weighted by molar-refractivity contribution is 5.74. The highest BCUT2D eigenvalue weighted by Gasteiger charge is 2.27. The van der Waals surface area contributed by atoms with Crippen LogP contribution >= 0.6 is 0 Å². The Kier molecular flexibility index (Phi) is 6.48. The minimum atomic E-state index is -2.58. The van der Waals surface area contributed by atoms with Gasteiger partial charge >= 0.3 is 6.03 Å². The summed E-state index contributed by atoms with van der Waals surface area (Å²) in [5, 5.41) is 11.6. The maximum Gasteiger partial charge on any atom is 0.317 e. The number of rotatable bonds is 5. The molecule has 0 aromatic rings. The van der Waals surface area contributed by atoms with Crippen LogP contribution in [0.3, 0.4) is 0 Å². The van der Waals surface area contributed by atoms with Crippen molar-refractivity contribution in [3.05, 3.63) is 0 Å². The number of nitrogens with zero attached hydrogens (tertiary/aromatic N) is 1. The van der Waals surface area contributed by atoms with Crippen molar-refractivity contribution in [2.75, 3.05) is 19.7 Å². The van der Waals surface area contributed by atoms with Crippen LogP contribution in [-0.2, 0) is 0 Å². The van der Waals surface area contributed by atoms with Crippen LogP contribution in [0.15, 0.2) is 0 Å². The predicted molar refractivity (Wildman–Crippen MR) is 69.2 cm³/mol. The van der Waals surface area contributed by atoms with Gasteiger partial charge < -0.3 is 15.3 Å². The quantitative estimate of drug-likeness (QED) is 0.809. The number of carbonyl (C=O) groups is 1. The van der Waals surface area contributed by atoms with Gasteiger partial charge in [-0.25, -0.2) is 13.6 Å². The number of aliphatic hydroxyl groups excluding tert-OH is 1. The van der Waals surface area contributed by atoms with E-state index >= 15 is 0 Å². The maximum absolute atomic E-state index is 12.4. The molecular formula is C13H24F2N2O2. The number of amides is 2. The molecular weight excluding hydrogens is 254 g/mol. The fourth-order valence-corrected chi connectivity index (χ4v) is 2.51. The van der Waals surface area contributed by atoms with Crippen molar-refractivity contribution in [2.45, 2.75) is 45.6 Å². The molecule has 2 amide bonds. The minimum Gasteiger partial charge on any atom is -0.395 e. The van der Waals surface area contributed by atoms with Gasteiger partial charge in [0.25, 0.3) is 6.43 Å². The third-order valence-corrected chi connectivity index (χ3v) is 3.94. The maximum atomic E-state index is 12.4. The van der Waals surface area contributed by atoms with Crippen molar-refractivity contribution in [1.29, 1.82) is 0 Å². The summed E-state index contributed by atoms with van der Waals surface area (Å²) in [6.07, 6.45) is 0.233. The molecule has 1 rings (SSSR count). The summed E-state index contributed by atoms with van der Waals surface area (Å²) in [7, 11) is 0. The van der Waals surface area contributed by atoms with Crippen molar-refractivity contribution in [3.8, 4) is 0 Å². The lowest BCUT2D eigenvalue weighted by atomic mass is 9.79. The van der Waals surface area contributed by atoms with E-state index in [0.29, 0.717) is 11.8 Å². The molecule has 0 aliphatic heterocycles. The van der Waals surface area contributed by atoms with Crippen LogP contribution in [0.2, 0.25) is 0 Å². The van der Waals surface area contributed by atoms with Crippen molar-refractivity contribution in [3.63, 3.8) is 0 Å². The standard InChI is InChI=1S/C13H24F2N2O2/c1-9-3-4-11(7-10(9)2)16-13(19)17(5-6-18)8-12(14)15/h9-12,18H,3-8H2,1-2H3,(H,16,19)/t9-,10+,11+/m1/s1. The highest BCUT2D eigenvalue weighted by atomic mass is 19.3. The fraction of sp³-hybridized carbons (Fsp3) is 0.923. The van der Waals surface area contributed by atoms with Crippen LogP contribution in [0.1, 0.15) is 33.1 Å². The van der Waals surface area contributed by atoms with Gasteiger partial charge in [0.2, 0.25) is 0 Å². The first-order chi connectivity index (χ1) is 8.93. The summed E-state index contributed by atoms with van der Waals surface area (Å²) >= 11 is 0. The van der Waals surface area contributed by atoms with E-state index < -0.39 is 19.0 Å². The van der Waals surface area contributed by atoms with Gasteiger partial charge in [0.1, 0.15) is 0 Å². The van der Waals surface area contributed by atoms with E-state index in [1.54, 1.807) is 0 Å². The lowest BCUT2D eigenvalue weighted by Crippen LogP contribution is -2.49. The molecule has 0 heterocycles. The molecule has 6 heteroatoms. The third kappa shape index (κ3) is 5.30. The van der Waals surface area contributed by atoms with E-state index in [1.807, 2.05) is 0 Å². The molecule has 0 radical (unpaired) electrons. The SMILES string of the molecule is C[C@@H]1CC[C@H](NC(=O)N(CCO)CC(F)F)C[C@@H]1C. The molecule has 3 atom stereocenters. The first-order valence-corrected chi connectivity index (χ1v) is 6.88. The van der Waals surface area contributed by atoms with Crippen LogP contribution in [0.25, 0.3) is 0 Å². The Bertz CT molecular complexity index is 290. The zero-order chi connectivity index (χ0) is 14.4. The average molecular weight is 278 g/mol. The van der Waals surface area contributed by atoms with Crippen molar-refractivity contribution in [2.24, 2.45) is 11.8 Å². The Morgan fingerprint density at radius 1 is 1.37 bits per heavy atom. The smallest absolute Gasteiger partial charge is 0.317 e. The molecule has 1 aliphatic carbocycles. The second kappa shape index (κ2) is 7.62. The fourth-order valence-electron chi connectivity index (χ4n) is 2.51. The zero-order valence-electron chi connectivity index (χ0n) is 11.6. The lowest BCUT2D eigenvalue weighted by molar-refractivity contribution is 0.0877. The largest absolute Gasteiger partial charge is 0.395 e. The second-order valence-corrected chi connectivity index (χ2v) is 5.47. The van der Waals surface area contributed by atoms with Gasteiger partial charge in [0.05, 0.1) is 13.2 Å². The molecule has 1 saturated carbocycles. The molecule has 0 bridgehead atoms. The van der Waals surface area contributed by atoms with Gasteiger partial charge in [-0.05, 0) is 31.1 Å². The van der Waals surface area contributed by atoms with Crippen molar-refractivity contribution >= 4 is 6.03 Å². The molecule has 0 saturated heterocycles. The van der Waals surface area contributed by atoms with Gasteiger partial charge in [-0.3, -0.25) is 0 Å². The summed E-state index contributed by atoms with van der Waals surface area (Å²) in [5.41, 5.74) is 0. The van der Waals surface area contributed by atoms with Crippen LogP contribution in [0.4, 0.5) is 13.6 Å². The van der Waals surface area contributed by atoms with Crippen molar-refractivity contribution < 1.29 is 18.7 Å². The molecule has 2 N–H and O–H groups in total. The molecule has 0 unspecified atom stereocenters. The number of urea groups is 1. The molecule has 4 nitrogen and oxygen atoms in total. The molecule has 0 spiro atoms. The van der Waals surface area contributed by atoms with Gasteiger partial charge in [0, 0.05) is 12.6 Å². The van der Waals surface area contributed by atoms with E-state index in [9.17, 15) is 13.6 Å². The number of hydrogen-bond donors (Lipinski definition) is 2. The topological polar surface area (TPSA) is 52.6 Å². The lowest BCUT2D eigenvalue weighted by Gasteiger charge is -2.34. The number of halogens is 2. The van der Waals surface area contributed by atoms with Crippen LogP contribution in [0, 0.1) is 11.8 Å². The van der Waals surface area contributed by atoms with Gasteiger partial charge in [-0.2, -0.15) is 0 Å². The highest BCUT2D eigenvalue weighted by Crippen LogP contribution is 2.29.